The fraction of sp³-hybridized carbons (Fsp3) is 0.750. The molecular formula is C12H18O3. The van der Waals surface area contributed by atoms with Crippen molar-refractivity contribution < 1.29 is 14.6 Å². The standard InChI is InChI=1S/C12H18O3/c1-12(2,11(13)14)15-10-7-8-3-5-9(10)6-4-8/h3,5,8-10H,4,6-7H2,1-2H3,(H,13,14). The average Bonchev–Trinajstić information content (AvgIpc) is 2.18. The number of hydrogen-bond acceptors (Lipinski definition) is 2. The second kappa shape index (κ2) is 3.63. The van der Waals surface area contributed by atoms with Crippen molar-refractivity contribution in [2.45, 2.75) is 44.8 Å². The van der Waals surface area contributed by atoms with Gasteiger partial charge in [-0.05, 0) is 39.0 Å². The van der Waals surface area contributed by atoms with Gasteiger partial charge >= 0.3 is 5.97 Å². The zero-order valence-electron chi connectivity index (χ0n) is 9.27. The Hall–Kier alpha value is -0.830. The Balaban J connectivity index is 2.02. The Kier molecular flexibility index (Phi) is 2.59. The number of hydrogen-bond donors (Lipinski definition) is 1. The van der Waals surface area contributed by atoms with E-state index in [1.165, 1.54) is 6.42 Å². The van der Waals surface area contributed by atoms with E-state index < -0.39 is 11.6 Å². The fourth-order valence-corrected chi connectivity index (χ4v) is 2.44. The van der Waals surface area contributed by atoms with E-state index in [1.807, 2.05) is 0 Å². The number of fused-ring (bicyclic) bond motifs is 2. The molecule has 0 radical (unpaired) electrons. The topological polar surface area (TPSA) is 46.5 Å². The number of allylic oxidation sites excluding steroid dienone is 1. The minimum atomic E-state index is -1.06. The normalized spacial score (nSPS) is 34.4. The van der Waals surface area contributed by atoms with Gasteiger partial charge in [0.25, 0.3) is 0 Å². The lowest BCUT2D eigenvalue weighted by atomic mass is 9.74. The van der Waals surface area contributed by atoms with Crippen LogP contribution in [-0.2, 0) is 9.53 Å². The lowest BCUT2D eigenvalue weighted by molar-refractivity contribution is -0.174. The Bertz CT molecular complexity index is 293. The number of carboxylic acid groups (broad SMARTS) is 1. The summed E-state index contributed by atoms with van der Waals surface area (Å²) < 4.78 is 5.72. The van der Waals surface area contributed by atoms with Gasteiger partial charge in [-0.2, -0.15) is 0 Å². The summed E-state index contributed by atoms with van der Waals surface area (Å²) >= 11 is 0. The molecular weight excluding hydrogens is 192 g/mol. The van der Waals surface area contributed by atoms with Crippen LogP contribution in [-0.4, -0.2) is 22.8 Å². The van der Waals surface area contributed by atoms with Gasteiger partial charge in [-0.25, -0.2) is 4.79 Å². The van der Waals surface area contributed by atoms with Crippen molar-refractivity contribution >= 4 is 5.97 Å². The highest BCUT2D eigenvalue weighted by molar-refractivity contribution is 5.76. The Morgan fingerprint density at radius 3 is 2.53 bits per heavy atom. The van der Waals surface area contributed by atoms with Gasteiger partial charge < -0.3 is 9.84 Å². The van der Waals surface area contributed by atoms with Crippen LogP contribution in [0, 0.1) is 11.8 Å². The van der Waals surface area contributed by atoms with Crippen molar-refractivity contribution in [2.24, 2.45) is 11.8 Å². The van der Waals surface area contributed by atoms with Crippen LogP contribution in [0.2, 0.25) is 0 Å². The van der Waals surface area contributed by atoms with Gasteiger partial charge in [0.1, 0.15) is 0 Å². The summed E-state index contributed by atoms with van der Waals surface area (Å²) in [5, 5.41) is 9.00. The quantitative estimate of drug-likeness (QED) is 0.726. The molecule has 3 aliphatic carbocycles. The molecule has 1 N–H and O–H groups in total. The van der Waals surface area contributed by atoms with Crippen LogP contribution in [0.5, 0.6) is 0 Å². The van der Waals surface area contributed by atoms with Gasteiger partial charge in [-0.15, -0.1) is 0 Å². The van der Waals surface area contributed by atoms with E-state index in [4.69, 9.17) is 9.84 Å². The molecule has 0 aromatic heterocycles. The molecule has 3 unspecified atom stereocenters. The first-order valence-electron chi connectivity index (χ1n) is 5.58. The first-order chi connectivity index (χ1) is 6.99. The molecule has 0 aliphatic heterocycles. The van der Waals surface area contributed by atoms with Gasteiger partial charge in [0, 0.05) is 5.92 Å². The number of ether oxygens (including phenoxy) is 1. The van der Waals surface area contributed by atoms with Crippen LogP contribution in [0.15, 0.2) is 12.2 Å². The summed E-state index contributed by atoms with van der Waals surface area (Å²) in [7, 11) is 0. The zero-order chi connectivity index (χ0) is 11.1. The highest BCUT2D eigenvalue weighted by Gasteiger charge is 2.38. The predicted octanol–water partition coefficient (Wildman–Crippen LogP) is 2.22. The van der Waals surface area contributed by atoms with Crippen LogP contribution < -0.4 is 0 Å². The molecule has 1 fully saturated rings. The molecule has 0 saturated heterocycles. The maximum Gasteiger partial charge on any atom is 0.335 e. The largest absolute Gasteiger partial charge is 0.479 e. The molecule has 3 aliphatic rings. The van der Waals surface area contributed by atoms with Gasteiger partial charge in [0.2, 0.25) is 0 Å². The van der Waals surface area contributed by atoms with Gasteiger partial charge in [-0.1, -0.05) is 12.2 Å². The molecule has 3 nitrogen and oxygen atoms in total. The second-order valence-corrected chi connectivity index (χ2v) is 5.09. The molecule has 0 heterocycles. The first-order valence-corrected chi connectivity index (χ1v) is 5.58. The number of carboxylic acids is 1. The Morgan fingerprint density at radius 1 is 1.40 bits per heavy atom. The summed E-state index contributed by atoms with van der Waals surface area (Å²) in [5.41, 5.74) is -1.06. The average molecular weight is 210 g/mol. The monoisotopic (exact) mass is 210 g/mol. The van der Waals surface area contributed by atoms with Gasteiger partial charge in [0.05, 0.1) is 6.10 Å². The van der Waals surface area contributed by atoms with E-state index in [0.717, 1.165) is 12.8 Å². The maximum atomic E-state index is 11.0. The number of aliphatic carboxylic acids is 1. The van der Waals surface area contributed by atoms with E-state index in [2.05, 4.69) is 12.2 Å². The summed E-state index contributed by atoms with van der Waals surface area (Å²) in [6.07, 6.45) is 7.90. The molecule has 0 aromatic rings. The smallest absolute Gasteiger partial charge is 0.335 e. The molecule has 0 aromatic carbocycles. The fourth-order valence-electron chi connectivity index (χ4n) is 2.44. The maximum absolute atomic E-state index is 11.0. The van der Waals surface area contributed by atoms with Crippen molar-refractivity contribution in [3.8, 4) is 0 Å². The van der Waals surface area contributed by atoms with Crippen molar-refractivity contribution in [1.29, 1.82) is 0 Å². The van der Waals surface area contributed by atoms with Gasteiger partial charge in [-0.3, -0.25) is 0 Å². The summed E-state index contributed by atoms with van der Waals surface area (Å²) in [5.74, 6) is 0.145. The molecule has 2 bridgehead atoms. The third-order valence-corrected chi connectivity index (χ3v) is 3.47. The molecule has 1 saturated carbocycles. The minimum Gasteiger partial charge on any atom is -0.479 e. The van der Waals surface area contributed by atoms with Crippen molar-refractivity contribution in [3.05, 3.63) is 12.2 Å². The Labute approximate surface area is 90.1 Å². The van der Waals surface area contributed by atoms with Crippen LogP contribution >= 0.6 is 0 Å². The van der Waals surface area contributed by atoms with Crippen molar-refractivity contribution in [1.82, 2.24) is 0 Å². The van der Waals surface area contributed by atoms with Crippen molar-refractivity contribution in [3.63, 3.8) is 0 Å². The SMILES string of the molecule is CC(C)(OC1CC2C=CC1CC2)C(=O)O. The molecule has 3 rings (SSSR count). The van der Waals surface area contributed by atoms with Crippen molar-refractivity contribution in [2.75, 3.05) is 0 Å². The third-order valence-electron chi connectivity index (χ3n) is 3.47. The zero-order valence-corrected chi connectivity index (χ0v) is 9.27. The number of rotatable bonds is 3. The molecule has 3 heteroatoms. The van der Waals surface area contributed by atoms with E-state index >= 15 is 0 Å². The lowest BCUT2D eigenvalue weighted by Crippen LogP contribution is -2.44. The third kappa shape index (κ3) is 2.07. The van der Waals surface area contributed by atoms with E-state index in [9.17, 15) is 4.79 Å². The molecule has 84 valence electrons. The second-order valence-electron chi connectivity index (χ2n) is 5.09. The molecule has 0 amide bonds. The van der Waals surface area contributed by atoms with Crippen LogP contribution in [0.4, 0.5) is 0 Å². The summed E-state index contributed by atoms with van der Waals surface area (Å²) in [6, 6.07) is 0. The van der Waals surface area contributed by atoms with E-state index in [0.29, 0.717) is 11.8 Å². The van der Waals surface area contributed by atoms with Crippen LogP contribution in [0.1, 0.15) is 33.1 Å². The molecule has 3 atom stereocenters. The minimum absolute atomic E-state index is 0.0971. The van der Waals surface area contributed by atoms with E-state index in [1.54, 1.807) is 13.8 Å². The summed E-state index contributed by atoms with van der Waals surface area (Å²) in [6.45, 7) is 3.25. The first kappa shape index (κ1) is 10.7. The Morgan fingerprint density at radius 2 is 2.13 bits per heavy atom. The molecule has 15 heavy (non-hydrogen) atoms. The highest BCUT2D eigenvalue weighted by Crippen LogP contribution is 2.39. The number of carbonyl (C=O) groups is 1. The van der Waals surface area contributed by atoms with Gasteiger partial charge in [0.15, 0.2) is 5.60 Å². The predicted molar refractivity (Wildman–Crippen MR) is 56.6 cm³/mol. The molecule has 0 spiro atoms. The summed E-state index contributed by atoms with van der Waals surface area (Å²) in [4.78, 5) is 11.0. The van der Waals surface area contributed by atoms with E-state index in [-0.39, 0.29) is 6.10 Å². The lowest BCUT2D eigenvalue weighted by Gasteiger charge is -2.40. The van der Waals surface area contributed by atoms with Crippen LogP contribution in [0.3, 0.4) is 0 Å². The highest BCUT2D eigenvalue weighted by atomic mass is 16.5. The van der Waals surface area contributed by atoms with Crippen LogP contribution in [0.25, 0.3) is 0 Å².